The highest BCUT2D eigenvalue weighted by molar-refractivity contribution is 9.10. The minimum atomic E-state index is -0.903. The topological polar surface area (TPSA) is 70.1 Å². The first kappa shape index (κ1) is 24.7. The molecule has 182 valence electrons. The van der Waals surface area contributed by atoms with Gasteiger partial charge in [0.15, 0.2) is 0 Å². The molecule has 3 atom stereocenters. The predicted octanol–water partition coefficient (Wildman–Crippen LogP) is 5.12. The fourth-order valence-electron chi connectivity index (χ4n) is 4.95. The van der Waals surface area contributed by atoms with Crippen LogP contribution in [-0.2, 0) is 17.7 Å². The Morgan fingerprint density at radius 2 is 1.91 bits per heavy atom. The number of carbonyl (C=O) groups is 2. The maximum absolute atomic E-state index is 13.3. The molecule has 0 fully saturated rings. The molecule has 34 heavy (non-hydrogen) atoms. The number of hydrogen-bond acceptors (Lipinski definition) is 4. The molecule has 2 aliphatic rings. The van der Waals surface area contributed by atoms with Crippen molar-refractivity contribution < 1.29 is 19.4 Å². The van der Waals surface area contributed by atoms with Crippen LogP contribution in [0.15, 0.2) is 46.9 Å². The standard InChI is InChI=1S/C27H33BrN2O4/c1-5-17-14-29(25(32)21-11-10-20(28)13-22(17)21)16-24(31)23-12-18-8-6-7-9-19(18)15-30(23)26(33)34-27(2,3)4/h6-11,13,17,23-24,31H,5,12,14-16H2,1-4H3/t17-,23+,24+/m1/s1. The number of ether oxygens (including phenoxy) is 1. The first-order valence-electron chi connectivity index (χ1n) is 11.9. The number of rotatable bonds is 4. The van der Waals surface area contributed by atoms with Crippen LogP contribution in [0.4, 0.5) is 4.79 Å². The Labute approximate surface area is 210 Å². The zero-order valence-corrected chi connectivity index (χ0v) is 21.8. The second kappa shape index (κ2) is 9.70. The molecule has 2 aromatic rings. The van der Waals surface area contributed by atoms with Crippen LogP contribution in [0, 0.1) is 0 Å². The summed E-state index contributed by atoms with van der Waals surface area (Å²) >= 11 is 3.51. The zero-order valence-electron chi connectivity index (χ0n) is 20.3. The third-order valence-electron chi connectivity index (χ3n) is 6.67. The molecule has 6 nitrogen and oxygen atoms in total. The van der Waals surface area contributed by atoms with E-state index in [1.807, 2.05) is 63.2 Å². The SMILES string of the molecule is CC[C@@H]1CN(C[C@H](O)[C@@H]2Cc3ccccc3CN2C(=O)OC(C)(C)C)C(=O)c2ccc(Br)cc21. The molecular formula is C27H33BrN2O4. The molecule has 0 bridgehead atoms. The number of hydrogen-bond donors (Lipinski definition) is 1. The van der Waals surface area contributed by atoms with E-state index < -0.39 is 23.8 Å². The van der Waals surface area contributed by atoms with Crippen molar-refractivity contribution >= 4 is 27.9 Å². The number of halogens is 1. The number of β-amino-alcohol motifs (C(OH)–C–C–N with tert-alkyl or cyclic N) is 1. The molecule has 0 aromatic heterocycles. The van der Waals surface area contributed by atoms with Crippen LogP contribution < -0.4 is 0 Å². The zero-order chi connectivity index (χ0) is 24.6. The van der Waals surface area contributed by atoms with Crippen molar-refractivity contribution in [3.63, 3.8) is 0 Å². The Bertz CT molecular complexity index is 1080. The summed E-state index contributed by atoms with van der Waals surface area (Å²) in [5.41, 5.74) is 3.26. The van der Waals surface area contributed by atoms with Gasteiger partial charge in [0, 0.05) is 35.6 Å². The largest absolute Gasteiger partial charge is 0.444 e. The van der Waals surface area contributed by atoms with Gasteiger partial charge in [0.1, 0.15) is 5.60 Å². The molecule has 4 rings (SSSR count). The number of fused-ring (bicyclic) bond motifs is 2. The van der Waals surface area contributed by atoms with Crippen LogP contribution >= 0.6 is 15.9 Å². The van der Waals surface area contributed by atoms with Crippen molar-refractivity contribution in [2.45, 2.75) is 70.7 Å². The number of benzene rings is 2. The van der Waals surface area contributed by atoms with E-state index in [2.05, 4.69) is 22.9 Å². The van der Waals surface area contributed by atoms with Crippen molar-refractivity contribution in [3.8, 4) is 0 Å². The van der Waals surface area contributed by atoms with E-state index in [-0.39, 0.29) is 18.4 Å². The lowest BCUT2D eigenvalue weighted by Crippen LogP contribution is -2.55. The highest BCUT2D eigenvalue weighted by Crippen LogP contribution is 2.34. The van der Waals surface area contributed by atoms with Gasteiger partial charge in [-0.1, -0.05) is 47.1 Å². The van der Waals surface area contributed by atoms with Gasteiger partial charge in [-0.3, -0.25) is 9.69 Å². The third kappa shape index (κ3) is 5.15. The lowest BCUT2D eigenvalue weighted by atomic mass is 9.86. The maximum atomic E-state index is 13.3. The number of amides is 2. The Kier molecular flexibility index (Phi) is 7.06. The molecule has 7 heteroatoms. The predicted molar refractivity (Wildman–Crippen MR) is 135 cm³/mol. The van der Waals surface area contributed by atoms with Gasteiger partial charge in [-0.15, -0.1) is 0 Å². The van der Waals surface area contributed by atoms with E-state index in [9.17, 15) is 14.7 Å². The van der Waals surface area contributed by atoms with E-state index in [1.165, 1.54) is 0 Å². The smallest absolute Gasteiger partial charge is 0.410 e. The van der Waals surface area contributed by atoms with Crippen LogP contribution in [0.1, 0.15) is 67.1 Å². The molecule has 0 unspecified atom stereocenters. The second-order valence-corrected chi connectivity index (χ2v) is 11.2. The molecule has 0 aliphatic carbocycles. The lowest BCUT2D eigenvalue weighted by Gasteiger charge is -2.42. The average Bonchev–Trinajstić information content (AvgIpc) is 2.78. The van der Waals surface area contributed by atoms with Crippen molar-refractivity contribution in [2.24, 2.45) is 0 Å². The van der Waals surface area contributed by atoms with Crippen LogP contribution in [0.2, 0.25) is 0 Å². The van der Waals surface area contributed by atoms with E-state index in [4.69, 9.17) is 4.74 Å². The van der Waals surface area contributed by atoms with Crippen molar-refractivity contribution in [1.29, 1.82) is 0 Å². The summed E-state index contributed by atoms with van der Waals surface area (Å²) in [5.74, 6) is 0.123. The molecule has 0 radical (unpaired) electrons. The fourth-order valence-corrected chi connectivity index (χ4v) is 5.33. The summed E-state index contributed by atoms with van der Waals surface area (Å²) in [5, 5.41) is 11.4. The molecule has 2 amide bonds. The molecular weight excluding hydrogens is 496 g/mol. The molecule has 0 spiro atoms. The minimum absolute atomic E-state index is 0.0775. The summed E-state index contributed by atoms with van der Waals surface area (Å²) in [6.07, 6.45) is 0.0563. The number of aliphatic hydroxyl groups excluding tert-OH is 1. The van der Waals surface area contributed by atoms with Gasteiger partial charge in [0.25, 0.3) is 5.91 Å². The van der Waals surface area contributed by atoms with Crippen LogP contribution in [-0.4, -0.2) is 57.7 Å². The van der Waals surface area contributed by atoms with Gasteiger partial charge in [0.2, 0.25) is 0 Å². The molecule has 2 aliphatic heterocycles. The van der Waals surface area contributed by atoms with Crippen molar-refractivity contribution in [1.82, 2.24) is 9.80 Å². The Morgan fingerprint density at radius 3 is 2.59 bits per heavy atom. The first-order chi connectivity index (χ1) is 16.1. The van der Waals surface area contributed by atoms with Crippen molar-refractivity contribution in [2.75, 3.05) is 13.1 Å². The summed E-state index contributed by atoms with van der Waals surface area (Å²) < 4.78 is 6.62. The lowest BCUT2D eigenvalue weighted by molar-refractivity contribution is -0.0185. The van der Waals surface area contributed by atoms with Crippen LogP contribution in [0.3, 0.4) is 0 Å². The monoisotopic (exact) mass is 528 g/mol. The highest BCUT2D eigenvalue weighted by Gasteiger charge is 2.39. The quantitative estimate of drug-likeness (QED) is 0.597. The summed E-state index contributed by atoms with van der Waals surface area (Å²) in [6, 6.07) is 13.2. The summed E-state index contributed by atoms with van der Waals surface area (Å²) in [6.45, 7) is 8.70. The molecule has 2 aromatic carbocycles. The second-order valence-electron chi connectivity index (χ2n) is 10.3. The van der Waals surface area contributed by atoms with Gasteiger partial charge in [-0.05, 0) is 68.5 Å². The molecule has 1 N–H and O–H groups in total. The van der Waals surface area contributed by atoms with Gasteiger partial charge >= 0.3 is 6.09 Å². The van der Waals surface area contributed by atoms with Crippen molar-refractivity contribution in [3.05, 3.63) is 69.2 Å². The van der Waals surface area contributed by atoms with Gasteiger partial charge in [-0.25, -0.2) is 4.79 Å². The highest BCUT2D eigenvalue weighted by atomic mass is 79.9. The van der Waals surface area contributed by atoms with E-state index in [0.29, 0.717) is 25.1 Å². The van der Waals surface area contributed by atoms with E-state index >= 15 is 0 Å². The molecule has 2 heterocycles. The Hall–Kier alpha value is -2.38. The van der Waals surface area contributed by atoms with Gasteiger partial charge in [-0.2, -0.15) is 0 Å². The number of nitrogens with zero attached hydrogens (tertiary/aromatic N) is 2. The summed E-state index contributed by atoms with van der Waals surface area (Å²) in [4.78, 5) is 29.8. The third-order valence-corrected chi connectivity index (χ3v) is 7.17. The van der Waals surface area contributed by atoms with Crippen LogP contribution in [0.5, 0.6) is 0 Å². The number of carbonyl (C=O) groups excluding carboxylic acids is 2. The summed E-state index contributed by atoms with van der Waals surface area (Å²) in [7, 11) is 0. The van der Waals surface area contributed by atoms with E-state index in [0.717, 1.165) is 27.6 Å². The number of aliphatic hydroxyl groups is 1. The minimum Gasteiger partial charge on any atom is -0.444 e. The normalized spacial score (nSPS) is 21.1. The average molecular weight is 529 g/mol. The first-order valence-corrected chi connectivity index (χ1v) is 12.7. The van der Waals surface area contributed by atoms with E-state index in [1.54, 1.807) is 9.80 Å². The fraction of sp³-hybridized carbons (Fsp3) is 0.481. The van der Waals surface area contributed by atoms with Crippen LogP contribution in [0.25, 0.3) is 0 Å². The Morgan fingerprint density at radius 1 is 1.21 bits per heavy atom. The van der Waals surface area contributed by atoms with Gasteiger partial charge < -0.3 is 14.7 Å². The molecule has 0 saturated heterocycles. The molecule has 0 saturated carbocycles. The van der Waals surface area contributed by atoms with Gasteiger partial charge in [0.05, 0.1) is 12.1 Å². The Balaban J connectivity index is 1.58. The maximum Gasteiger partial charge on any atom is 0.410 e.